The Bertz CT molecular complexity index is 559. The third-order valence-corrected chi connectivity index (χ3v) is 4.85. The minimum absolute atomic E-state index is 0.0379. The molecule has 0 aliphatic rings. The third kappa shape index (κ3) is 4.94. The van der Waals surface area contributed by atoms with E-state index in [9.17, 15) is 8.42 Å². The number of benzene rings is 1. The number of rotatable bonds is 7. The van der Waals surface area contributed by atoms with Gasteiger partial charge in [0.25, 0.3) is 0 Å². The Labute approximate surface area is 125 Å². The van der Waals surface area contributed by atoms with E-state index >= 15 is 0 Å². The van der Waals surface area contributed by atoms with Crippen molar-refractivity contribution in [2.24, 2.45) is 5.41 Å². The summed E-state index contributed by atoms with van der Waals surface area (Å²) in [6, 6.07) is 4.34. The molecule has 0 saturated heterocycles. The summed E-state index contributed by atoms with van der Waals surface area (Å²) in [4.78, 5) is 0.0379. The van der Waals surface area contributed by atoms with Crippen molar-refractivity contribution in [2.75, 3.05) is 26.0 Å². The maximum Gasteiger partial charge on any atom is 0.242 e. The Morgan fingerprint density at radius 1 is 1.40 bits per heavy atom. The van der Waals surface area contributed by atoms with E-state index in [1.54, 1.807) is 7.11 Å². The zero-order valence-corrected chi connectivity index (χ0v) is 13.5. The van der Waals surface area contributed by atoms with Crippen LogP contribution in [0, 0.1) is 5.41 Å². The van der Waals surface area contributed by atoms with Gasteiger partial charge >= 0.3 is 0 Å². The maximum atomic E-state index is 12.2. The average Bonchev–Trinajstić information content (AvgIpc) is 2.34. The highest BCUT2D eigenvalue weighted by Crippen LogP contribution is 2.25. The molecule has 3 N–H and O–H groups in total. The number of sulfonamides is 1. The van der Waals surface area contributed by atoms with Crippen LogP contribution in [0.2, 0.25) is 5.02 Å². The van der Waals surface area contributed by atoms with Crippen LogP contribution in [0.3, 0.4) is 0 Å². The second kappa shape index (κ2) is 6.76. The lowest BCUT2D eigenvalue weighted by molar-refractivity contribution is 0.153. The first-order valence-electron chi connectivity index (χ1n) is 6.21. The van der Waals surface area contributed by atoms with Crippen molar-refractivity contribution in [2.45, 2.75) is 25.2 Å². The Morgan fingerprint density at radius 2 is 2.05 bits per heavy atom. The minimum Gasteiger partial charge on any atom is -0.399 e. The highest BCUT2D eigenvalue weighted by atomic mass is 35.5. The monoisotopic (exact) mass is 320 g/mol. The van der Waals surface area contributed by atoms with Gasteiger partial charge in [0.15, 0.2) is 0 Å². The van der Waals surface area contributed by atoms with E-state index in [-0.39, 0.29) is 15.3 Å². The molecule has 0 aromatic heterocycles. The molecule has 20 heavy (non-hydrogen) atoms. The van der Waals surface area contributed by atoms with Crippen LogP contribution in [-0.4, -0.2) is 28.7 Å². The third-order valence-electron chi connectivity index (χ3n) is 2.97. The van der Waals surface area contributed by atoms with Crippen molar-refractivity contribution in [3.8, 4) is 0 Å². The first-order valence-corrected chi connectivity index (χ1v) is 8.08. The first-order chi connectivity index (χ1) is 9.18. The molecule has 0 fully saturated rings. The van der Waals surface area contributed by atoms with Crippen molar-refractivity contribution in [1.82, 2.24) is 4.72 Å². The van der Waals surface area contributed by atoms with E-state index < -0.39 is 10.0 Å². The Kier molecular flexibility index (Phi) is 5.82. The molecule has 0 spiro atoms. The SMILES string of the molecule is COCCC(C)(C)CNS(=O)(=O)c1ccc(N)cc1Cl. The summed E-state index contributed by atoms with van der Waals surface area (Å²) in [7, 11) is -2.02. The summed E-state index contributed by atoms with van der Waals surface area (Å²) >= 11 is 5.93. The Hall–Kier alpha value is -0.820. The molecule has 0 saturated carbocycles. The second-order valence-electron chi connectivity index (χ2n) is 5.42. The molecular weight excluding hydrogens is 300 g/mol. The van der Waals surface area contributed by atoms with Crippen molar-refractivity contribution in [1.29, 1.82) is 0 Å². The number of hydrogen-bond acceptors (Lipinski definition) is 4. The molecule has 114 valence electrons. The van der Waals surface area contributed by atoms with Gasteiger partial charge in [-0.15, -0.1) is 0 Å². The quantitative estimate of drug-likeness (QED) is 0.755. The Balaban J connectivity index is 2.80. The van der Waals surface area contributed by atoms with Gasteiger partial charge in [-0.2, -0.15) is 0 Å². The van der Waals surface area contributed by atoms with Crippen LogP contribution in [0.1, 0.15) is 20.3 Å². The van der Waals surface area contributed by atoms with Gasteiger partial charge in [0, 0.05) is 25.9 Å². The van der Waals surface area contributed by atoms with Crippen molar-refractivity contribution < 1.29 is 13.2 Å². The molecule has 0 aliphatic heterocycles. The zero-order chi connectivity index (χ0) is 15.4. The topological polar surface area (TPSA) is 81.4 Å². The van der Waals surface area contributed by atoms with Crippen LogP contribution >= 0.6 is 11.6 Å². The van der Waals surface area contributed by atoms with Gasteiger partial charge in [-0.25, -0.2) is 13.1 Å². The number of nitrogens with one attached hydrogen (secondary N) is 1. The molecule has 5 nitrogen and oxygen atoms in total. The van der Waals surface area contributed by atoms with Gasteiger partial charge in [-0.3, -0.25) is 0 Å². The molecule has 0 bridgehead atoms. The fourth-order valence-electron chi connectivity index (χ4n) is 1.57. The van der Waals surface area contributed by atoms with Crippen LogP contribution in [0.15, 0.2) is 23.1 Å². The van der Waals surface area contributed by atoms with Gasteiger partial charge in [0.2, 0.25) is 10.0 Å². The molecule has 1 aromatic carbocycles. The minimum atomic E-state index is -3.64. The van der Waals surface area contributed by atoms with Gasteiger partial charge < -0.3 is 10.5 Å². The van der Waals surface area contributed by atoms with E-state index in [1.165, 1.54) is 18.2 Å². The molecule has 0 unspecified atom stereocenters. The fourth-order valence-corrected chi connectivity index (χ4v) is 3.36. The second-order valence-corrected chi connectivity index (χ2v) is 7.56. The van der Waals surface area contributed by atoms with Crippen LogP contribution in [0.5, 0.6) is 0 Å². The molecule has 0 heterocycles. The van der Waals surface area contributed by atoms with Crippen LogP contribution in [0.25, 0.3) is 0 Å². The van der Waals surface area contributed by atoms with Crippen LogP contribution < -0.4 is 10.5 Å². The van der Waals surface area contributed by atoms with E-state index in [0.29, 0.717) is 18.8 Å². The lowest BCUT2D eigenvalue weighted by atomic mass is 9.90. The predicted molar refractivity (Wildman–Crippen MR) is 81.3 cm³/mol. The number of hydrogen-bond donors (Lipinski definition) is 2. The van der Waals surface area contributed by atoms with E-state index in [4.69, 9.17) is 22.1 Å². The molecule has 7 heteroatoms. The van der Waals surface area contributed by atoms with Crippen molar-refractivity contribution in [3.05, 3.63) is 23.2 Å². The molecule has 0 amide bonds. The largest absolute Gasteiger partial charge is 0.399 e. The average molecular weight is 321 g/mol. The molecule has 0 aliphatic carbocycles. The maximum absolute atomic E-state index is 12.2. The number of nitrogen functional groups attached to an aromatic ring is 1. The van der Waals surface area contributed by atoms with Crippen LogP contribution in [0.4, 0.5) is 5.69 Å². The lowest BCUT2D eigenvalue weighted by Gasteiger charge is -2.24. The fraction of sp³-hybridized carbons (Fsp3) is 0.538. The number of anilines is 1. The highest BCUT2D eigenvalue weighted by Gasteiger charge is 2.23. The Morgan fingerprint density at radius 3 is 2.60 bits per heavy atom. The standard InChI is InChI=1S/C13H21ClN2O3S/c1-13(2,6-7-19-3)9-16-20(17,18)12-5-4-10(15)8-11(12)14/h4-5,8,16H,6-7,9,15H2,1-3H3. The number of halogens is 1. The summed E-state index contributed by atoms with van der Waals surface area (Å²) in [6.07, 6.45) is 0.751. The summed E-state index contributed by atoms with van der Waals surface area (Å²) in [5, 5.41) is 0.118. The van der Waals surface area contributed by atoms with Crippen molar-refractivity contribution >= 4 is 27.3 Å². The van der Waals surface area contributed by atoms with E-state index in [0.717, 1.165) is 6.42 Å². The zero-order valence-electron chi connectivity index (χ0n) is 11.9. The van der Waals surface area contributed by atoms with Gasteiger partial charge in [0.05, 0.1) is 5.02 Å². The smallest absolute Gasteiger partial charge is 0.242 e. The number of nitrogens with two attached hydrogens (primary N) is 1. The molecular formula is C13H21ClN2O3S. The number of methoxy groups -OCH3 is 1. The molecule has 0 radical (unpaired) electrons. The summed E-state index contributed by atoms with van der Waals surface area (Å²) in [6.45, 7) is 4.83. The molecule has 1 aromatic rings. The first kappa shape index (κ1) is 17.2. The highest BCUT2D eigenvalue weighted by molar-refractivity contribution is 7.89. The summed E-state index contributed by atoms with van der Waals surface area (Å²) in [5.41, 5.74) is 5.78. The summed E-state index contributed by atoms with van der Waals surface area (Å²) < 4.78 is 32.0. The predicted octanol–water partition coefficient (Wildman–Crippen LogP) is 2.26. The van der Waals surface area contributed by atoms with Gasteiger partial charge in [-0.05, 0) is 30.0 Å². The molecule has 1 rings (SSSR count). The number of ether oxygens (including phenoxy) is 1. The molecule has 0 atom stereocenters. The van der Waals surface area contributed by atoms with E-state index in [2.05, 4.69) is 4.72 Å². The van der Waals surface area contributed by atoms with E-state index in [1.807, 2.05) is 13.8 Å². The van der Waals surface area contributed by atoms with Crippen LogP contribution in [-0.2, 0) is 14.8 Å². The van der Waals surface area contributed by atoms with Crippen molar-refractivity contribution in [3.63, 3.8) is 0 Å². The normalized spacial score (nSPS) is 12.6. The van der Waals surface area contributed by atoms with Gasteiger partial charge in [0.1, 0.15) is 4.90 Å². The van der Waals surface area contributed by atoms with Gasteiger partial charge in [-0.1, -0.05) is 25.4 Å². The lowest BCUT2D eigenvalue weighted by Crippen LogP contribution is -2.34. The summed E-state index contributed by atoms with van der Waals surface area (Å²) in [5.74, 6) is 0.